The number of fused-ring (bicyclic) bond motifs is 2. The molecule has 0 amide bonds. The van der Waals surface area contributed by atoms with E-state index in [2.05, 4.69) is 146 Å². The molecule has 17 aliphatic rings. The number of aliphatic hydroxyl groups excluding tert-OH is 2. The number of aliphatic carboxylic acids is 1. The summed E-state index contributed by atoms with van der Waals surface area (Å²) in [6.45, 7) is 12.4. The van der Waals surface area contributed by atoms with Crippen LogP contribution in [0.15, 0.2) is 150 Å². The Labute approximate surface area is 524 Å². The standard InChI is InChI=1S/C81H98N2O5/c1-50-20-28-64(74(86)87)73-70(84)48-81-69-47-78-34-12-33-76(2)71(85)31-36-80(75(76)78,68(69)44-61(77(73,81)3)43-60-27-25-58-45-79(60,81)35-30-56(58)39-52-23-21-51(22-24-52)32-38-88-4)67-42-57-16-8-9-18-63(57)65(66(67)46-78)41-53-13-10-17-55(40-53)59-26-29-72(83-49-59)82-37-11-19-62(50)54-14-6-5-7-15-54/h8-10,12-13,16-18,21-27,29,34,40,42,46,54,56,58,60-62,64,67,70-71,73,75,82-85H,1,5-7,11,14-15,19-20,28,30-33,35-39,41,43-45,47-49H2,2-4H3,(H,86,87). The van der Waals surface area contributed by atoms with E-state index in [4.69, 9.17) is 11.3 Å². The van der Waals surface area contributed by atoms with Crippen LogP contribution in [0.3, 0.4) is 0 Å². The van der Waals surface area contributed by atoms with E-state index >= 15 is 0 Å². The second kappa shape index (κ2) is 21.6. The molecule has 17 unspecified atom stereocenters. The van der Waals surface area contributed by atoms with Crippen LogP contribution >= 0.6 is 0 Å². The number of allylic oxidation sites excluding steroid dienone is 11. The smallest absolute Gasteiger partial charge is 0.306 e. The number of dihydropyridines is 1. The quantitative estimate of drug-likeness (QED) is 0.150. The zero-order chi connectivity index (χ0) is 60.0. The zero-order valence-corrected chi connectivity index (χ0v) is 53.0. The number of nitrogens with one attached hydrogen (secondary N) is 2. The van der Waals surface area contributed by atoms with Crippen LogP contribution in [0, 0.1) is 91.7 Å². The molecule has 6 heterocycles. The molecule has 7 nitrogen and oxygen atoms in total. The predicted molar refractivity (Wildman–Crippen MR) is 352 cm³/mol. The van der Waals surface area contributed by atoms with Crippen molar-refractivity contribution in [2.24, 2.45) is 91.7 Å². The topological polar surface area (TPSA) is 111 Å². The molecule has 3 aromatic rings. The van der Waals surface area contributed by atoms with Gasteiger partial charge >= 0.3 is 5.97 Å². The number of rotatable bonds is 7. The largest absolute Gasteiger partial charge is 0.481 e. The molecule has 0 aromatic heterocycles. The zero-order valence-electron chi connectivity index (χ0n) is 53.0. The minimum absolute atomic E-state index is 0.102. The second-order valence-corrected chi connectivity index (χ2v) is 31.6. The lowest BCUT2D eigenvalue weighted by Gasteiger charge is -2.78. The van der Waals surface area contributed by atoms with Gasteiger partial charge in [0.25, 0.3) is 0 Å². The highest BCUT2D eigenvalue weighted by Gasteiger charge is 2.82. The van der Waals surface area contributed by atoms with Crippen molar-refractivity contribution in [1.29, 1.82) is 0 Å². The molecule has 5 saturated carbocycles. The lowest BCUT2D eigenvalue weighted by Crippen LogP contribution is -2.72. The molecular weight excluding hydrogens is 1080 g/mol. The number of carboxylic acids is 1. The van der Waals surface area contributed by atoms with E-state index in [0.717, 1.165) is 115 Å². The summed E-state index contributed by atoms with van der Waals surface area (Å²) in [4.78, 5) is 14.8. The van der Waals surface area contributed by atoms with Gasteiger partial charge in [-0.1, -0.05) is 172 Å². The Balaban J connectivity index is 0.894. The summed E-state index contributed by atoms with van der Waals surface area (Å²) in [5, 5.41) is 49.1. The molecule has 462 valence electrons. The van der Waals surface area contributed by atoms with Crippen molar-refractivity contribution in [2.45, 2.75) is 167 Å². The van der Waals surface area contributed by atoms with Crippen LogP contribution in [0.1, 0.15) is 158 Å². The van der Waals surface area contributed by atoms with Gasteiger partial charge in [0.05, 0.1) is 30.6 Å². The summed E-state index contributed by atoms with van der Waals surface area (Å²) in [7, 11) is 1.78. The third kappa shape index (κ3) is 8.38. The van der Waals surface area contributed by atoms with Crippen molar-refractivity contribution in [1.82, 2.24) is 10.6 Å². The van der Waals surface area contributed by atoms with Gasteiger partial charge in [-0.3, -0.25) is 4.79 Å². The van der Waals surface area contributed by atoms with Gasteiger partial charge in [0.2, 0.25) is 0 Å². The van der Waals surface area contributed by atoms with Crippen molar-refractivity contribution >= 4 is 23.2 Å². The van der Waals surface area contributed by atoms with E-state index in [1.165, 1.54) is 87.1 Å². The van der Waals surface area contributed by atoms with Crippen molar-refractivity contribution in [3.05, 3.63) is 183 Å². The molecular formula is C81H98N2O5. The fourth-order valence-corrected chi connectivity index (χ4v) is 24.8. The average molecular weight is 1180 g/mol. The van der Waals surface area contributed by atoms with Gasteiger partial charge < -0.3 is 30.7 Å². The third-order valence-electron chi connectivity index (χ3n) is 28.2. The van der Waals surface area contributed by atoms with E-state index in [1.807, 2.05) is 0 Å². The molecule has 3 aromatic carbocycles. The molecule has 0 saturated heterocycles. The molecule has 17 bridgehead atoms. The van der Waals surface area contributed by atoms with Crippen molar-refractivity contribution in [3.8, 4) is 0 Å². The molecule has 7 heteroatoms. The fraction of sp³-hybridized carbons (Fsp3) is 0.568. The molecule has 3 spiro atoms. The van der Waals surface area contributed by atoms with Crippen LogP contribution < -0.4 is 21.1 Å². The summed E-state index contributed by atoms with van der Waals surface area (Å²) >= 11 is 0. The fourth-order valence-electron chi connectivity index (χ4n) is 24.8. The number of aliphatic hydroxyl groups is 2. The highest BCUT2D eigenvalue weighted by Crippen LogP contribution is 2.88. The monoisotopic (exact) mass is 1180 g/mol. The van der Waals surface area contributed by atoms with Crippen LogP contribution in [-0.2, 0) is 28.8 Å². The highest BCUT2D eigenvalue weighted by molar-refractivity contribution is 5.78. The Kier molecular flexibility index (Phi) is 14.1. The van der Waals surface area contributed by atoms with E-state index < -0.39 is 46.3 Å². The molecule has 20 rings (SSSR count). The lowest BCUT2D eigenvalue weighted by molar-refractivity contribution is -0.215. The van der Waals surface area contributed by atoms with Crippen LogP contribution in [-0.4, -0.2) is 60.3 Å². The van der Waals surface area contributed by atoms with E-state index in [0.29, 0.717) is 48.9 Å². The van der Waals surface area contributed by atoms with Crippen LogP contribution in [0.2, 0.25) is 0 Å². The number of hydrogen-bond acceptors (Lipinski definition) is 6. The van der Waals surface area contributed by atoms with E-state index in [1.54, 1.807) is 18.3 Å². The first-order valence-corrected chi connectivity index (χ1v) is 35.2. The molecule has 0 radical (unpaired) electrons. The molecule has 6 aliphatic heterocycles. The minimum Gasteiger partial charge on any atom is -0.481 e. The van der Waals surface area contributed by atoms with E-state index in [-0.39, 0.29) is 34.0 Å². The number of hydrogen-bond donors (Lipinski definition) is 5. The summed E-state index contributed by atoms with van der Waals surface area (Å²) < 4.78 is 5.46. The highest BCUT2D eigenvalue weighted by atomic mass is 16.5. The molecule has 88 heavy (non-hydrogen) atoms. The maximum Gasteiger partial charge on any atom is 0.306 e. The SMILES string of the molecule is C=C1CCC(C(=O)O)C2C(O)CC34C5=C(CC(CC6C=CC7CC63CCC7Cc3ccc(CCOC)cc3)C24C)C23CCC(O)C4(C)CC=CC(C=C6C(=c7ccccc7=CC62)Cc2cccc(c2)C2=CC=C(NCCCC1C1CCCCC1)NC2)(C5)C43. The number of benzene rings is 3. The summed E-state index contributed by atoms with van der Waals surface area (Å²) in [6.07, 6.45) is 41.2. The summed E-state index contributed by atoms with van der Waals surface area (Å²) in [5.74, 6) is 1.94. The number of methoxy groups -OCH3 is 1. The van der Waals surface area contributed by atoms with Crippen molar-refractivity contribution in [2.75, 3.05) is 26.8 Å². The van der Waals surface area contributed by atoms with Crippen LogP contribution in [0.4, 0.5) is 0 Å². The number of carbonyl (C=O) groups is 1. The van der Waals surface area contributed by atoms with Gasteiger partial charge in [0.15, 0.2) is 0 Å². The normalized spacial score (nSPS) is 41.2. The van der Waals surface area contributed by atoms with Gasteiger partial charge in [-0.2, -0.15) is 0 Å². The van der Waals surface area contributed by atoms with Gasteiger partial charge in [-0.05, 0) is 230 Å². The van der Waals surface area contributed by atoms with E-state index in [9.17, 15) is 20.1 Å². The molecule has 11 aliphatic carbocycles. The maximum atomic E-state index is 14.8. The number of carboxylic acid groups (broad SMARTS) is 1. The Morgan fingerprint density at radius 1 is 0.852 bits per heavy atom. The molecule has 5 N–H and O–H groups in total. The van der Waals surface area contributed by atoms with Gasteiger partial charge in [-0.25, -0.2) is 0 Å². The lowest BCUT2D eigenvalue weighted by atomic mass is 9.26. The maximum absolute atomic E-state index is 14.8. The third-order valence-corrected chi connectivity index (χ3v) is 28.2. The first kappa shape index (κ1) is 57.7. The molecule has 17 atom stereocenters. The predicted octanol–water partition coefficient (Wildman–Crippen LogP) is 14.1. The first-order chi connectivity index (χ1) is 42.7. The molecule has 5 fully saturated rings. The van der Waals surface area contributed by atoms with Crippen LogP contribution in [0.5, 0.6) is 0 Å². The Bertz CT molecular complexity index is 3650. The Morgan fingerprint density at radius 3 is 2.51 bits per heavy atom. The average Bonchev–Trinajstić information content (AvgIpc) is 1.11. The van der Waals surface area contributed by atoms with Crippen molar-refractivity contribution < 1.29 is 24.9 Å². The van der Waals surface area contributed by atoms with Crippen LogP contribution in [0.25, 0.3) is 17.2 Å². The number of ether oxygens (including phenoxy) is 1. The van der Waals surface area contributed by atoms with Gasteiger partial charge in [-0.15, -0.1) is 0 Å². The van der Waals surface area contributed by atoms with Gasteiger partial charge in [0.1, 0.15) is 0 Å². The van der Waals surface area contributed by atoms with Crippen molar-refractivity contribution in [3.63, 3.8) is 0 Å². The van der Waals surface area contributed by atoms with Gasteiger partial charge in [0, 0.05) is 53.7 Å². The summed E-state index contributed by atoms with van der Waals surface area (Å²) in [5.41, 5.74) is 12.1. The minimum atomic E-state index is -0.750. The first-order valence-electron chi connectivity index (χ1n) is 35.2. The Morgan fingerprint density at radius 2 is 1.69 bits per heavy atom. The second-order valence-electron chi connectivity index (χ2n) is 31.6. The summed E-state index contributed by atoms with van der Waals surface area (Å²) in [6, 6.07) is 28.1. The Hall–Kier alpha value is -5.47.